The highest BCUT2D eigenvalue weighted by molar-refractivity contribution is 5.80. The third-order valence-corrected chi connectivity index (χ3v) is 2.01. The van der Waals surface area contributed by atoms with Crippen molar-refractivity contribution in [2.45, 2.75) is 27.2 Å². The minimum atomic E-state index is 0.420. The summed E-state index contributed by atoms with van der Waals surface area (Å²) in [7, 11) is 1.68. The molecule has 0 fully saturated rings. The van der Waals surface area contributed by atoms with Crippen molar-refractivity contribution in [3.05, 3.63) is 47.7 Å². The SMILES string of the molecule is C=C/C=C(/C/C(C=NC)=C(\C)N)C(=C)C#N.CC. The Kier molecular flexibility index (Phi) is 11.6. The van der Waals surface area contributed by atoms with Crippen molar-refractivity contribution in [2.24, 2.45) is 10.7 Å². The van der Waals surface area contributed by atoms with E-state index in [0.29, 0.717) is 17.7 Å². The Bertz CT molecular complexity index is 400. The first-order chi connectivity index (χ1) is 8.56. The Labute approximate surface area is 111 Å². The van der Waals surface area contributed by atoms with E-state index in [4.69, 9.17) is 11.0 Å². The van der Waals surface area contributed by atoms with E-state index in [9.17, 15) is 0 Å². The molecule has 0 saturated carbocycles. The summed E-state index contributed by atoms with van der Waals surface area (Å²) in [4.78, 5) is 3.93. The Morgan fingerprint density at radius 2 is 2.00 bits per heavy atom. The summed E-state index contributed by atoms with van der Waals surface area (Å²) in [5, 5.41) is 8.81. The lowest BCUT2D eigenvalue weighted by atomic mass is 9.99. The molecule has 0 heterocycles. The number of nitrogens with zero attached hydrogens (tertiary/aromatic N) is 2. The maximum Gasteiger partial charge on any atom is 0.0988 e. The van der Waals surface area contributed by atoms with Gasteiger partial charge >= 0.3 is 0 Å². The molecule has 0 atom stereocenters. The van der Waals surface area contributed by atoms with E-state index in [2.05, 4.69) is 18.2 Å². The smallest absolute Gasteiger partial charge is 0.0988 e. The van der Waals surface area contributed by atoms with Crippen LogP contribution in [0, 0.1) is 11.3 Å². The van der Waals surface area contributed by atoms with Crippen LogP contribution in [0.2, 0.25) is 0 Å². The zero-order chi connectivity index (χ0) is 14.6. The lowest BCUT2D eigenvalue weighted by Crippen LogP contribution is -2.02. The zero-order valence-electron chi connectivity index (χ0n) is 11.8. The summed E-state index contributed by atoms with van der Waals surface area (Å²) in [6.07, 6.45) is 5.62. The molecule has 0 aliphatic carbocycles. The van der Waals surface area contributed by atoms with Crippen molar-refractivity contribution >= 4 is 6.21 Å². The monoisotopic (exact) mass is 245 g/mol. The molecule has 0 rings (SSSR count). The van der Waals surface area contributed by atoms with Gasteiger partial charge in [0, 0.05) is 31.0 Å². The first kappa shape index (κ1) is 18.3. The number of hydrogen-bond acceptors (Lipinski definition) is 3. The van der Waals surface area contributed by atoms with Crippen LogP contribution in [0.25, 0.3) is 0 Å². The maximum atomic E-state index is 8.81. The summed E-state index contributed by atoms with van der Waals surface area (Å²) in [6.45, 7) is 13.1. The van der Waals surface area contributed by atoms with Gasteiger partial charge in [-0.05, 0) is 18.1 Å². The average Bonchev–Trinajstić information content (AvgIpc) is 2.38. The van der Waals surface area contributed by atoms with E-state index in [1.165, 1.54) is 0 Å². The van der Waals surface area contributed by atoms with Crippen LogP contribution in [-0.2, 0) is 0 Å². The number of nitriles is 1. The minimum Gasteiger partial charge on any atom is -0.402 e. The van der Waals surface area contributed by atoms with Crippen LogP contribution in [0.15, 0.2) is 52.7 Å². The average molecular weight is 245 g/mol. The first-order valence-electron chi connectivity index (χ1n) is 5.85. The van der Waals surface area contributed by atoms with Gasteiger partial charge in [-0.25, -0.2) is 0 Å². The topological polar surface area (TPSA) is 62.2 Å². The molecule has 3 nitrogen and oxygen atoms in total. The van der Waals surface area contributed by atoms with Crippen LogP contribution < -0.4 is 5.73 Å². The van der Waals surface area contributed by atoms with Crippen molar-refractivity contribution in [1.82, 2.24) is 0 Å². The van der Waals surface area contributed by atoms with Gasteiger partial charge in [-0.3, -0.25) is 4.99 Å². The lowest BCUT2D eigenvalue weighted by Gasteiger charge is -2.07. The van der Waals surface area contributed by atoms with Gasteiger partial charge in [0.2, 0.25) is 0 Å². The predicted molar refractivity (Wildman–Crippen MR) is 80.3 cm³/mol. The maximum absolute atomic E-state index is 8.81. The second kappa shape index (κ2) is 11.4. The van der Waals surface area contributed by atoms with Gasteiger partial charge in [0.1, 0.15) is 0 Å². The van der Waals surface area contributed by atoms with Crippen LogP contribution in [0.5, 0.6) is 0 Å². The van der Waals surface area contributed by atoms with Gasteiger partial charge in [0.25, 0.3) is 0 Å². The molecule has 18 heavy (non-hydrogen) atoms. The molecule has 0 spiro atoms. The Balaban J connectivity index is 0. The molecule has 0 aromatic rings. The molecule has 98 valence electrons. The molecule has 2 N–H and O–H groups in total. The molecule has 0 aromatic carbocycles. The van der Waals surface area contributed by atoms with E-state index < -0.39 is 0 Å². The van der Waals surface area contributed by atoms with E-state index >= 15 is 0 Å². The molecule has 0 aromatic heterocycles. The molecule has 0 saturated heterocycles. The number of nitrogens with two attached hydrogens (primary N) is 1. The second-order valence-electron chi connectivity index (χ2n) is 3.29. The molecule has 0 aliphatic heterocycles. The zero-order valence-corrected chi connectivity index (χ0v) is 11.8. The third kappa shape index (κ3) is 7.24. The van der Waals surface area contributed by atoms with Gasteiger partial charge in [-0.2, -0.15) is 5.26 Å². The minimum absolute atomic E-state index is 0.420. The third-order valence-electron chi connectivity index (χ3n) is 2.01. The lowest BCUT2D eigenvalue weighted by molar-refractivity contribution is 1.14. The standard InChI is InChI=1S/C13H17N3.C2H6/c1-5-6-12(10(2)8-14)7-13(9-16-4)11(3)15;1-2/h5-6,9H,1-2,7,15H2,3-4H3;1-2H3/b12-6-,13-11-,16-9?;. The van der Waals surface area contributed by atoms with Crippen LogP contribution in [0.1, 0.15) is 27.2 Å². The molecule has 0 radical (unpaired) electrons. The number of rotatable bonds is 5. The van der Waals surface area contributed by atoms with Gasteiger partial charge in [-0.15, -0.1) is 0 Å². The van der Waals surface area contributed by atoms with Crippen molar-refractivity contribution in [1.29, 1.82) is 5.26 Å². The van der Waals surface area contributed by atoms with E-state index in [-0.39, 0.29) is 0 Å². The molecular formula is C15H23N3. The Morgan fingerprint density at radius 3 is 2.33 bits per heavy atom. The van der Waals surface area contributed by atoms with Crippen LogP contribution >= 0.6 is 0 Å². The summed E-state index contributed by atoms with van der Waals surface area (Å²) in [6, 6.07) is 2.02. The van der Waals surface area contributed by atoms with Crippen LogP contribution in [0.4, 0.5) is 0 Å². The van der Waals surface area contributed by atoms with Crippen molar-refractivity contribution in [3.8, 4) is 6.07 Å². The highest BCUT2D eigenvalue weighted by Crippen LogP contribution is 2.18. The fraction of sp³-hybridized carbons (Fsp3) is 0.333. The number of hydrogen-bond donors (Lipinski definition) is 1. The van der Waals surface area contributed by atoms with Crippen molar-refractivity contribution in [3.63, 3.8) is 0 Å². The summed E-state index contributed by atoms with van der Waals surface area (Å²) < 4.78 is 0. The highest BCUT2D eigenvalue weighted by atomic mass is 14.6. The first-order valence-corrected chi connectivity index (χ1v) is 5.85. The number of allylic oxidation sites excluding steroid dienone is 6. The highest BCUT2D eigenvalue weighted by Gasteiger charge is 2.05. The largest absolute Gasteiger partial charge is 0.402 e. The fourth-order valence-corrected chi connectivity index (χ4v) is 1.13. The molecule has 0 unspecified atom stereocenters. The van der Waals surface area contributed by atoms with Gasteiger partial charge in [0.05, 0.1) is 6.07 Å². The normalized spacial score (nSPS) is 12.1. The molecule has 0 aliphatic rings. The Hall–Kier alpha value is -2.08. The molecule has 0 amide bonds. The van der Waals surface area contributed by atoms with E-state index in [1.54, 1.807) is 32.3 Å². The van der Waals surface area contributed by atoms with Crippen molar-refractivity contribution in [2.75, 3.05) is 7.05 Å². The predicted octanol–water partition coefficient (Wildman–Crippen LogP) is 3.53. The summed E-state index contributed by atoms with van der Waals surface area (Å²) in [5.74, 6) is 0. The van der Waals surface area contributed by atoms with E-state index in [0.717, 1.165) is 11.1 Å². The van der Waals surface area contributed by atoms with Gasteiger partial charge in [0.15, 0.2) is 0 Å². The van der Waals surface area contributed by atoms with Crippen LogP contribution in [-0.4, -0.2) is 13.3 Å². The number of aliphatic imine (C=N–C) groups is 1. The second-order valence-corrected chi connectivity index (χ2v) is 3.29. The molecule has 3 heteroatoms. The van der Waals surface area contributed by atoms with Crippen molar-refractivity contribution < 1.29 is 0 Å². The van der Waals surface area contributed by atoms with E-state index in [1.807, 2.05) is 19.9 Å². The van der Waals surface area contributed by atoms with Crippen LogP contribution in [0.3, 0.4) is 0 Å². The summed E-state index contributed by atoms with van der Waals surface area (Å²) >= 11 is 0. The quantitative estimate of drug-likeness (QED) is 0.457. The van der Waals surface area contributed by atoms with Gasteiger partial charge in [-0.1, -0.05) is 39.2 Å². The fourth-order valence-electron chi connectivity index (χ4n) is 1.13. The summed E-state index contributed by atoms with van der Waals surface area (Å²) in [5.41, 5.74) is 8.52. The molecular weight excluding hydrogens is 222 g/mol. The van der Waals surface area contributed by atoms with Gasteiger partial charge < -0.3 is 5.73 Å². The Morgan fingerprint density at radius 1 is 1.44 bits per heavy atom. The molecule has 0 bridgehead atoms.